The molecule has 0 aliphatic carbocycles. The number of amides is 2. The SMILES string of the molecule is C[C@H]1CN(C(=O)Nc2cccnn2)CCN1C1CCOc2cc(C(F)(F)F)ccc21. The van der Waals surface area contributed by atoms with Crippen molar-refractivity contribution in [3.8, 4) is 5.75 Å². The summed E-state index contributed by atoms with van der Waals surface area (Å²) in [6.45, 7) is 3.99. The van der Waals surface area contributed by atoms with Crippen molar-refractivity contribution in [3.05, 3.63) is 47.7 Å². The Kier molecular flexibility index (Phi) is 5.50. The predicted octanol–water partition coefficient (Wildman–Crippen LogP) is 3.56. The Bertz CT molecular complexity index is 909. The molecule has 1 saturated heterocycles. The third-order valence-corrected chi connectivity index (χ3v) is 5.52. The number of carbonyl (C=O) groups is 1. The zero-order valence-electron chi connectivity index (χ0n) is 16.4. The topological polar surface area (TPSA) is 70.6 Å². The highest BCUT2D eigenvalue weighted by atomic mass is 19.4. The maximum absolute atomic E-state index is 13.0. The van der Waals surface area contributed by atoms with E-state index in [2.05, 4.69) is 20.4 Å². The zero-order chi connectivity index (χ0) is 21.3. The van der Waals surface area contributed by atoms with Crippen LogP contribution in [-0.4, -0.2) is 58.3 Å². The third-order valence-electron chi connectivity index (χ3n) is 5.52. The summed E-state index contributed by atoms with van der Waals surface area (Å²) in [5, 5.41) is 10.3. The Balaban J connectivity index is 1.45. The number of rotatable bonds is 2. The number of urea groups is 1. The average molecular weight is 421 g/mol. The van der Waals surface area contributed by atoms with Crippen LogP contribution in [0, 0.1) is 0 Å². The number of halogens is 3. The number of hydrogen-bond donors (Lipinski definition) is 1. The van der Waals surface area contributed by atoms with Crippen LogP contribution in [0.2, 0.25) is 0 Å². The number of nitrogens with one attached hydrogen (secondary N) is 1. The molecule has 7 nitrogen and oxygen atoms in total. The van der Waals surface area contributed by atoms with Crippen LogP contribution >= 0.6 is 0 Å². The summed E-state index contributed by atoms with van der Waals surface area (Å²) in [5.74, 6) is 0.674. The summed E-state index contributed by atoms with van der Waals surface area (Å²) in [4.78, 5) is 16.5. The molecule has 30 heavy (non-hydrogen) atoms. The van der Waals surface area contributed by atoms with Crippen LogP contribution in [-0.2, 0) is 6.18 Å². The number of anilines is 1. The highest BCUT2D eigenvalue weighted by molar-refractivity contribution is 5.88. The van der Waals surface area contributed by atoms with E-state index in [9.17, 15) is 18.0 Å². The van der Waals surface area contributed by atoms with Crippen molar-refractivity contribution in [3.63, 3.8) is 0 Å². The molecule has 1 N–H and O–H groups in total. The summed E-state index contributed by atoms with van der Waals surface area (Å²) >= 11 is 0. The fourth-order valence-electron chi connectivity index (χ4n) is 4.07. The normalized spacial score (nSPS) is 22.2. The second kappa shape index (κ2) is 8.10. The summed E-state index contributed by atoms with van der Waals surface area (Å²) in [6, 6.07) is 6.80. The van der Waals surface area contributed by atoms with Crippen molar-refractivity contribution in [2.75, 3.05) is 31.6 Å². The number of hydrogen-bond acceptors (Lipinski definition) is 5. The maximum Gasteiger partial charge on any atom is 0.416 e. The van der Waals surface area contributed by atoms with Gasteiger partial charge in [0.2, 0.25) is 0 Å². The highest BCUT2D eigenvalue weighted by Gasteiger charge is 2.37. The molecule has 10 heteroatoms. The first-order chi connectivity index (χ1) is 14.3. The van der Waals surface area contributed by atoms with Crippen molar-refractivity contribution in [1.82, 2.24) is 20.0 Å². The second-order valence-corrected chi connectivity index (χ2v) is 7.48. The lowest BCUT2D eigenvalue weighted by Gasteiger charge is -2.45. The number of benzene rings is 1. The van der Waals surface area contributed by atoms with Gasteiger partial charge in [-0.1, -0.05) is 6.07 Å². The summed E-state index contributed by atoms with van der Waals surface area (Å²) in [7, 11) is 0. The Labute approximate surface area is 171 Å². The van der Waals surface area contributed by atoms with Gasteiger partial charge in [-0.25, -0.2) is 4.79 Å². The number of carbonyl (C=O) groups excluding carboxylic acids is 1. The molecule has 0 saturated carbocycles. The van der Waals surface area contributed by atoms with Crippen LogP contribution in [0.25, 0.3) is 0 Å². The molecular weight excluding hydrogens is 399 g/mol. The van der Waals surface area contributed by atoms with Gasteiger partial charge in [0.05, 0.1) is 12.2 Å². The van der Waals surface area contributed by atoms with E-state index in [0.717, 1.165) is 17.7 Å². The van der Waals surface area contributed by atoms with Crippen molar-refractivity contribution >= 4 is 11.8 Å². The number of fused-ring (bicyclic) bond motifs is 1. The van der Waals surface area contributed by atoms with E-state index in [1.165, 1.54) is 12.3 Å². The van der Waals surface area contributed by atoms with Gasteiger partial charge in [0.15, 0.2) is 5.82 Å². The molecule has 2 atom stereocenters. The zero-order valence-corrected chi connectivity index (χ0v) is 16.4. The van der Waals surface area contributed by atoms with Gasteiger partial charge in [-0.2, -0.15) is 18.3 Å². The highest BCUT2D eigenvalue weighted by Crippen LogP contribution is 2.41. The molecule has 0 spiro atoms. The summed E-state index contributed by atoms with van der Waals surface area (Å²) in [5.41, 5.74) is 0.0546. The maximum atomic E-state index is 13.0. The van der Waals surface area contributed by atoms with Gasteiger partial charge in [0.1, 0.15) is 5.75 Å². The molecular formula is C20H22F3N5O2. The van der Waals surface area contributed by atoms with Crippen LogP contribution < -0.4 is 10.1 Å². The lowest BCUT2D eigenvalue weighted by Crippen LogP contribution is -2.55. The first kappa shape index (κ1) is 20.4. The van der Waals surface area contributed by atoms with Gasteiger partial charge in [-0.3, -0.25) is 10.2 Å². The molecule has 2 aromatic rings. The smallest absolute Gasteiger partial charge is 0.416 e. The fourth-order valence-corrected chi connectivity index (χ4v) is 4.07. The Morgan fingerprint density at radius 3 is 2.80 bits per heavy atom. The first-order valence-electron chi connectivity index (χ1n) is 9.76. The molecule has 4 rings (SSSR count). The van der Waals surface area contributed by atoms with E-state index in [4.69, 9.17) is 4.74 Å². The van der Waals surface area contributed by atoms with Gasteiger partial charge in [-0.05, 0) is 31.2 Å². The fraction of sp³-hybridized carbons (Fsp3) is 0.450. The quantitative estimate of drug-likeness (QED) is 0.803. The van der Waals surface area contributed by atoms with E-state index in [-0.39, 0.29) is 23.9 Å². The molecule has 0 bridgehead atoms. The van der Waals surface area contributed by atoms with Crippen molar-refractivity contribution in [2.24, 2.45) is 0 Å². The van der Waals surface area contributed by atoms with Gasteiger partial charge in [0.25, 0.3) is 0 Å². The van der Waals surface area contributed by atoms with Gasteiger partial charge >= 0.3 is 12.2 Å². The second-order valence-electron chi connectivity index (χ2n) is 7.48. The largest absolute Gasteiger partial charge is 0.493 e. The Morgan fingerprint density at radius 2 is 2.10 bits per heavy atom. The van der Waals surface area contributed by atoms with E-state index in [0.29, 0.717) is 38.5 Å². The first-order valence-corrected chi connectivity index (χ1v) is 9.76. The molecule has 3 heterocycles. The van der Waals surface area contributed by atoms with Crippen molar-refractivity contribution < 1.29 is 22.7 Å². The van der Waals surface area contributed by atoms with Crippen LogP contribution in [0.3, 0.4) is 0 Å². The van der Waals surface area contributed by atoms with Crippen LogP contribution in [0.4, 0.5) is 23.8 Å². The molecule has 1 aromatic carbocycles. The Hall–Kier alpha value is -2.88. The lowest BCUT2D eigenvalue weighted by molar-refractivity contribution is -0.137. The monoisotopic (exact) mass is 421 g/mol. The Morgan fingerprint density at radius 1 is 1.27 bits per heavy atom. The van der Waals surface area contributed by atoms with Crippen molar-refractivity contribution in [2.45, 2.75) is 31.6 Å². The van der Waals surface area contributed by atoms with Crippen LogP contribution in [0.15, 0.2) is 36.5 Å². The number of aromatic nitrogens is 2. The van der Waals surface area contributed by atoms with E-state index >= 15 is 0 Å². The van der Waals surface area contributed by atoms with E-state index < -0.39 is 11.7 Å². The van der Waals surface area contributed by atoms with E-state index in [1.54, 1.807) is 17.0 Å². The molecule has 1 unspecified atom stereocenters. The molecule has 2 aliphatic rings. The summed E-state index contributed by atoms with van der Waals surface area (Å²) in [6.07, 6.45) is -2.19. The summed E-state index contributed by atoms with van der Waals surface area (Å²) < 4.78 is 44.6. The standard InChI is InChI=1S/C20H22F3N5O2/c1-13-12-27(19(29)25-18-3-2-7-24-26-18)8-9-28(13)16-6-10-30-17-11-14(20(21,22)23)4-5-15(16)17/h2-5,7,11,13,16H,6,8-10,12H2,1H3,(H,25,26,29)/t13-,16?/m0/s1. The third kappa shape index (κ3) is 4.18. The molecule has 160 valence electrons. The molecule has 2 aliphatic heterocycles. The van der Waals surface area contributed by atoms with E-state index in [1.807, 2.05) is 6.92 Å². The number of ether oxygens (including phenoxy) is 1. The molecule has 1 fully saturated rings. The van der Waals surface area contributed by atoms with Gasteiger partial charge < -0.3 is 9.64 Å². The minimum absolute atomic E-state index is 0.0320. The van der Waals surface area contributed by atoms with Crippen molar-refractivity contribution in [1.29, 1.82) is 0 Å². The minimum atomic E-state index is -4.40. The van der Waals surface area contributed by atoms with Crippen LogP contribution in [0.1, 0.15) is 30.5 Å². The van der Waals surface area contributed by atoms with Gasteiger partial charge in [0, 0.05) is 49.9 Å². The van der Waals surface area contributed by atoms with Gasteiger partial charge in [-0.15, -0.1) is 5.10 Å². The lowest BCUT2D eigenvalue weighted by atomic mass is 9.95. The molecule has 0 radical (unpaired) electrons. The minimum Gasteiger partial charge on any atom is -0.493 e. The number of alkyl halides is 3. The predicted molar refractivity (Wildman–Crippen MR) is 103 cm³/mol. The average Bonchev–Trinajstić information content (AvgIpc) is 2.73. The molecule has 2 amide bonds. The van der Waals surface area contributed by atoms with Crippen LogP contribution in [0.5, 0.6) is 5.75 Å². The number of nitrogens with zero attached hydrogens (tertiary/aromatic N) is 4. The molecule has 1 aromatic heterocycles. The number of piperazine rings is 1.